The Bertz CT molecular complexity index is 423. The summed E-state index contributed by atoms with van der Waals surface area (Å²) in [6.07, 6.45) is 4.96. The summed E-state index contributed by atoms with van der Waals surface area (Å²) in [4.78, 5) is 2.67. The van der Waals surface area contributed by atoms with Gasteiger partial charge in [-0.2, -0.15) is 0 Å². The van der Waals surface area contributed by atoms with Crippen molar-refractivity contribution in [3.63, 3.8) is 0 Å². The molecular formula is C19H32N2. The molecule has 0 saturated carbocycles. The molecule has 0 aliphatic carbocycles. The average Bonchev–Trinajstić information content (AvgIpc) is 2.54. The highest BCUT2D eigenvalue weighted by molar-refractivity contribution is 5.29. The number of hydrogen-bond acceptors (Lipinski definition) is 2. The third kappa shape index (κ3) is 4.31. The molecule has 0 spiro atoms. The highest BCUT2D eigenvalue weighted by Gasteiger charge is 2.29. The van der Waals surface area contributed by atoms with E-state index in [1.165, 1.54) is 44.3 Å². The molecule has 0 unspecified atom stereocenters. The zero-order valence-corrected chi connectivity index (χ0v) is 14.1. The third-order valence-electron chi connectivity index (χ3n) is 5.20. The Morgan fingerprint density at radius 1 is 1.10 bits per heavy atom. The van der Waals surface area contributed by atoms with Gasteiger partial charge in [0.1, 0.15) is 0 Å². The van der Waals surface area contributed by atoms with E-state index >= 15 is 0 Å². The standard InChI is InChI=1S/C19H32N2/c1-4-12-20-15-19(5-2,6-3)16-21-13-11-17-9-7-8-10-18(17)14-21/h7-10,20H,4-6,11-16H2,1-3H3. The van der Waals surface area contributed by atoms with Crippen LogP contribution in [0.25, 0.3) is 0 Å². The van der Waals surface area contributed by atoms with Crippen molar-refractivity contribution in [2.75, 3.05) is 26.2 Å². The van der Waals surface area contributed by atoms with E-state index < -0.39 is 0 Å². The van der Waals surface area contributed by atoms with E-state index in [1.807, 2.05) is 0 Å². The summed E-state index contributed by atoms with van der Waals surface area (Å²) < 4.78 is 0. The quantitative estimate of drug-likeness (QED) is 0.731. The molecule has 21 heavy (non-hydrogen) atoms. The van der Waals surface area contributed by atoms with E-state index in [-0.39, 0.29) is 0 Å². The Morgan fingerprint density at radius 3 is 2.48 bits per heavy atom. The van der Waals surface area contributed by atoms with Gasteiger partial charge in [-0.3, -0.25) is 4.90 Å². The van der Waals surface area contributed by atoms with Crippen LogP contribution in [0.4, 0.5) is 0 Å². The molecule has 0 bridgehead atoms. The molecule has 0 saturated heterocycles. The monoisotopic (exact) mass is 288 g/mol. The Hall–Kier alpha value is -0.860. The van der Waals surface area contributed by atoms with Gasteiger partial charge in [0.2, 0.25) is 0 Å². The molecular weight excluding hydrogens is 256 g/mol. The van der Waals surface area contributed by atoms with Gasteiger partial charge < -0.3 is 5.32 Å². The van der Waals surface area contributed by atoms with Gasteiger partial charge in [0.15, 0.2) is 0 Å². The van der Waals surface area contributed by atoms with Crippen molar-refractivity contribution >= 4 is 0 Å². The molecule has 0 aromatic heterocycles. The van der Waals surface area contributed by atoms with Gasteiger partial charge >= 0.3 is 0 Å². The molecule has 118 valence electrons. The molecule has 0 radical (unpaired) electrons. The van der Waals surface area contributed by atoms with Crippen LogP contribution in [0, 0.1) is 5.41 Å². The maximum absolute atomic E-state index is 3.66. The van der Waals surface area contributed by atoms with Crippen molar-refractivity contribution in [3.8, 4) is 0 Å². The van der Waals surface area contributed by atoms with Crippen LogP contribution in [0.1, 0.15) is 51.2 Å². The normalized spacial score (nSPS) is 16.0. The lowest BCUT2D eigenvalue weighted by molar-refractivity contribution is 0.124. The first-order valence-electron chi connectivity index (χ1n) is 8.73. The highest BCUT2D eigenvalue weighted by Crippen LogP contribution is 2.29. The molecule has 2 rings (SSSR count). The van der Waals surface area contributed by atoms with Crippen LogP contribution in [0.15, 0.2) is 24.3 Å². The number of rotatable bonds is 8. The molecule has 2 nitrogen and oxygen atoms in total. The lowest BCUT2D eigenvalue weighted by Gasteiger charge is -2.39. The molecule has 1 heterocycles. The number of benzene rings is 1. The van der Waals surface area contributed by atoms with Crippen molar-refractivity contribution < 1.29 is 0 Å². The zero-order valence-electron chi connectivity index (χ0n) is 14.1. The first-order chi connectivity index (χ1) is 10.2. The molecule has 0 amide bonds. The predicted octanol–water partition coefficient (Wildman–Crippen LogP) is 3.85. The molecule has 1 aromatic carbocycles. The second kappa shape index (κ2) is 7.95. The molecule has 0 fully saturated rings. The van der Waals surface area contributed by atoms with E-state index in [0.717, 1.165) is 19.6 Å². The molecule has 1 aliphatic rings. The average molecular weight is 288 g/mol. The summed E-state index contributed by atoms with van der Waals surface area (Å²) in [6.45, 7) is 12.8. The Labute approximate surface area is 130 Å². The van der Waals surface area contributed by atoms with Gasteiger partial charge in [-0.05, 0) is 48.8 Å². The van der Waals surface area contributed by atoms with Crippen molar-refractivity contribution in [2.45, 2.75) is 53.0 Å². The summed E-state index contributed by atoms with van der Waals surface area (Å²) >= 11 is 0. The summed E-state index contributed by atoms with van der Waals surface area (Å²) in [5, 5.41) is 3.66. The maximum atomic E-state index is 3.66. The van der Waals surface area contributed by atoms with E-state index in [1.54, 1.807) is 5.56 Å². The number of nitrogens with one attached hydrogen (secondary N) is 1. The minimum atomic E-state index is 0.432. The fourth-order valence-electron chi connectivity index (χ4n) is 3.47. The largest absolute Gasteiger partial charge is 0.316 e. The van der Waals surface area contributed by atoms with Gasteiger partial charge in [-0.25, -0.2) is 0 Å². The number of nitrogens with zero attached hydrogens (tertiary/aromatic N) is 1. The van der Waals surface area contributed by atoms with Crippen LogP contribution in [-0.4, -0.2) is 31.1 Å². The fourth-order valence-corrected chi connectivity index (χ4v) is 3.47. The van der Waals surface area contributed by atoms with Gasteiger partial charge in [-0.1, -0.05) is 45.0 Å². The first-order valence-corrected chi connectivity index (χ1v) is 8.73. The fraction of sp³-hybridized carbons (Fsp3) is 0.684. The van der Waals surface area contributed by atoms with E-state index in [4.69, 9.17) is 0 Å². The van der Waals surface area contributed by atoms with Gasteiger partial charge in [0.25, 0.3) is 0 Å². The van der Waals surface area contributed by atoms with Crippen molar-refractivity contribution in [1.82, 2.24) is 10.2 Å². The predicted molar refractivity (Wildman–Crippen MR) is 91.6 cm³/mol. The van der Waals surface area contributed by atoms with E-state index in [2.05, 4.69) is 55.3 Å². The van der Waals surface area contributed by atoms with Crippen LogP contribution >= 0.6 is 0 Å². The topological polar surface area (TPSA) is 15.3 Å². The summed E-state index contributed by atoms with van der Waals surface area (Å²) in [5.74, 6) is 0. The second-order valence-corrected chi connectivity index (χ2v) is 6.61. The van der Waals surface area contributed by atoms with Crippen molar-refractivity contribution in [2.24, 2.45) is 5.41 Å². The van der Waals surface area contributed by atoms with Crippen LogP contribution in [0.5, 0.6) is 0 Å². The molecule has 2 heteroatoms. The molecule has 1 N–H and O–H groups in total. The number of hydrogen-bond donors (Lipinski definition) is 1. The SMILES string of the molecule is CCCNCC(CC)(CC)CN1CCc2ccccc2C1. The smallest absolute Gasteiger partial charge is 0.0236 e. The van der Waals surface area contributed by atoms with Crippen LogP contribution < -0.4 is 5.32 Å². The van der Waals surface area contributed by atoms with Crippen molar-refractivity contribution in [1.29, 1.82) is 0 Å². The van der Waals surface area contributed by atoms with Crippen LogP contribution in [-0.2, 0) is 13.0 Å². The molecule has 1 aliphatic heterocycles. The van der Waals surface area contributed by atoms with E-state index in [0.29, 0.717) is 5.41 Å². The van der Waals surface area contributed by atoms with Gasteiger partial charge in [0.05, 0.1) is 0 Å². The summed E-state index contributed by atoms with van der Waals surface area (Å²) in [6, 6.07) is 8.95. The Morgan fingerprint density at radius 2 is 1.81 bits per heavy atom. The van der Waals surface area contributed by atoms with Crippen molar-refractivity contribution in [3.05, 3.63) is 35.4 Å². The van der Waals surface area contributed by atoms with Crippen LogP contribution in [0.3, 0.4) is 0 Å². The highest BCUT2D eigenvalue weighted by atomic mass is 15.1. The third-order valence-corrected chi connectivity index (χ3v) is 5.20. The van der Waals surface area contributed by atoms with Gasteiger partial charge in [0, 0.05) is 26.2 Å². The lowest BCUT2D eigenvalue weighted by Crippen LogP contribution is -2.45. The Balaban J connectivity index is 1.98. The lowest BCUT2D eigenvalue weighted by atomic mass is 9.81. The molecule has 1 aromatic rings. The minimum Gasteiger partial charge on any atom is -0.316 e. The summed E-state index contributed by atoms with van der Waals surface area (Å²) in [7, 11) is 0. The van der Waals surface area contributed by atoms with Gasteiger partial charge in [-0.15, -0.1) is 0 Å². The maximum Gasteiger partial charge on any atom is 0.0236 e. The Kier molecular flexibility index (Phi) is 6.25. The van der Waals surface area contributed by atoms with E-state index in [9.17, 15) is 0 Å². The minimum absolute atomic E-state index is 0.432. The van der Waals surface area contributed by atoms with Crippen LogP contribution in [0.2, 0.25) is 0 Å². The zero-order chi connectivity index (χ0) is 15.1. The number of fused-ring (bicyclic) bond motifs is 1. The molecule has 0 atom stereocenters. The second-order valence-electron chi connectivity index (χ2n) is 6.61. The summed E-state index contributed by atoms with van der Waals surface area (Å²) in [5.41, 5.74) is 3.52. The first kappa shape index (κ1) is 16.5.